The highest BCUT2D eigenvalue weighted by Crippen LogP contribution is 2.35. The van der Waals surface area contributed by atoms with Gasteiger partial charge in [-0.25, -0.2) is 9.79 Å². The van der Waals surface area contributed by atoms with Crippen LogP contribution in [0.2, 0.25) is 0 Å². The van der Waals surface area contributed by atoms with Gasteiger partial charge >= 0.3 is 5.97 Å². The molecule has 1 aliphatic rings. The van der Waals surface area contributed by atoms with Crippen molar-refractivity contribution in [3.8, 4) is 11.5 Å². The van der Waals surface area contributed by atoms with Gasteiger partial charge in [0, 0.05) is 15.6 Å². The summed E-state index contributed by atoms with van der Waals surface area (Å²) in [6.45, 7) is 3.71. The lowest BCUT2D eigenvalue weighted by molar-refractivity contribution is -0.139. The Morgan fingerprint density at radius 1 is 1.18 bits per heavy atom. The van der Waals surface area contributed by atoms with E-state index < -0.39 is 12.0 Å². The number of esters is 1. The van der Waals surface area contributed by atoms with E-state index in [9.17, 15) is 9.59 Å². The Morgan fingerprint density at radius 2 is 1.91 bits per heavy atom. The molecule has 3 aromatic rings. The number of halogens is 1. The molecule has 0 bridgehead atoms. The number of allylic oxidation sites excluding steroid dienone is 1. The molecule has 34 heavy (non-hydrogen) atoms. The first-order valence-corrected chi connectivity index (χ1v) is 12.2. The molecule has 1 aromatic heterocycles. The summed E-state index contributed by atoms with van der Waals surface area (Å²) in [5, 5.41) is 0. The minimum atomic E-state index is -0.738. The topological polar surface area (TPSA) is 79.1 Å². The number of fused-ring (bicyclic) bond motifs is 1. The van der Waals surface area contributed by atoms with E-state index in [4.69, 9.17) is 14.2 Å². The number of carbonyl (C=O) groups is 1. The zero-order valence-electron chi connectivity index (χ0n) is 19.1. The summed E-state index contributed by atoms with van der Waals surface area (Å²) < 4.78 is 19.2. The van der Waals surface area contributed by atoms with Crippen LogP contribution in [0.3, 0.4) is 0 Å². The first-order valence-electron chi connectivity index (χ1n) is 10.6. The van der Waals surface area contributed by atoms with Gasteiger partial charge in [-0.2, -0.15) is 0 Å². The summed E-state index contributed by atoms with van der Waals surface area (Å²) in [5.74, 6) is 0.688. The number of rotatable bonds is 6. The van der Waals surface area contributed by atoms with Crippen molar-refractivity contribution < 1.29 is 19.0 Å². The van der Waals surface area contributed by atoms with Crippen LogP contribution in [0.1, 0.15) is 31.0 Å². The quantitative estimate of drug-likeness (QED) is 0.445. The first kappa shape index (κ1) is 24.0. The van der Waals surface area contributed by atoms with Crippen molar-refractivity contribution in [2.75, 3.05) is 20.8 Å². The number of hydrogen-bond donors (Lipinski definition) is 0. The molecule has 7 nitrogen and oxygen atoms in total. The van der Waals surface area contributed by atoms with Crippen molar-refractivity contribution in [2.24, 2.45) is 4.99 Å². The lowest BCUT2D eigenvalue weighted by atomic mass is 9.95. The Hall–Kier alpha value is -3.17. The van der Waals surface area contributed by atoms with Gasteiger partial charge in [-0.3, -0.25) is 9.36 Å². The zero-order chi connectivity index (χ0) is 24.4. The van der Waals surface area contributed by atoms with Gasteiger partial charge < -0.3 is 14.2 Å². The fraction of sp³-hybridized carbons (Fsp3) is 0.240. The third-order valence-electron chi connectivity index (χ3n) is 5.43. The fourth-order valence-corrected chi connectivity index (χ4v) is 5.35. The van der Waals surface area contributed by atoms with Gasteiger partial charge in [-0.05, 0) is 44.2 Å². The minimum Gasteiger partial charge on any atom is -0.496 e. The molecule has 0 radical (unpaired) electrons. The van der Waals surface area contributed by atoms with Gasteiger partial charge in [0.2, 0.25) is 0 Å². The van der Waals surface area contributed by atoms with Crippen LogP contribution in [0.25, 0.3) is 6.08 Å². The normalized spacial score (nSPS) is 15.6. The maximum absolute atomic E-state index is 13.7. The van der Waals surface area contributed by atoms with E-state index in [1.807, 2.05) is 36.4 Å². The van der Waals surface area contributed by atoms with Gasteiger partial charge in [-0.15, -0.1) is 0 Å². The Bertz CT molecular complexity index is 1470. The van der Waals surface area contributed by atoms with Crippen LogP contribution in [0.5, 0.6) is 11.5 Å². The van der Waals surface area contributed by atoms with Crippen LogP contribution in [0.15, 0.2) is 68.0 Å². The van der Waals surface area contributed by atoms with E-state index in [1.54, 1.807) is 40.2 Å². The van der Waals surface area contributed by atoms with E-state index >= 15 is 0 Å². The maximum Gasteiger partial charge on any atom is 0.338 e. The van der Waals surface area contributed by atoms with E-state index in [0.717, 1.165) is 10.0 Å². The van der Waals surface area contributed by atoms with E-state index in [0.29, 0.717) is 37.7 Å². The number of aromatic nitrogens is 1. The molecular weight excluding hydrogens is 520 g/mol. The molecule has 0 saturated heterocycles. The molecular formula is C25H23BrN2O5S. The number of ether oxygens (including phenoxy) is 3. The summed E-state index contributed by atoms with van der Waals surface area (Å²) in [6.07, 6.45) is 1.77. The third kappa shape index (κ3) is 4.33. The highest BCUT2D eigenvalue weighted by Gasteiger charge is 2.34. The number of benzene rings is 2. The second-order valence-electron chi connectivity index (χ2n) is 7.43. The minimum absolute atomic E-state index is 0.210. The molecule has 1 aliphatic heterocycles. The molecule has 0 aliphatic carbocycles. The third-order valence-corrected chi connectivity index (χ3v) is 6.91. The second kappa shape index (κ2) is 9.99. The van der Waals surface area contributed by atoms with Crippen LogP contribution in [0, 0.1) is 0 Å². The molecule has 0 unspecified atom stereocenters. The Kier molecular flexibility index (Phi) is 7.04. The van der Waals surface area contributed by atoms with Gasteiger partial charge in [0.25, 0.3) is 5.56 Å². The van der Waals surface area contributed by atoms with Crippen LogP contribution in [-0.2, 0) is 9.53 Å². The summed E-state index contributed by atoms with van der Waals surface area (Å²) in [7, 11) is 3.14. The Labute approximate surface area is 208 Å². The number of carbonyl (C=O) groups excluding carboxylic acids is 1. The van der Waals surface area contributed by atoms with Gasteiger partial charge in [0.15, 0.2) is 4.80 Å². The number of methoxy groups -OCH3 is 2. The summed E-state index contributed by atoms with van der Waals surface area (Å²) in [4.78, 5) is 31.8. The number of para-hydroxylation sites is 1. The number of hydrogen-bond acceptors (Lipinski definition) is 7. The molecule has 0 fully saturated rings. The van der Waals surface area contributed by atoms with Crippen molar-refractivity contribution in [3.63, 3.8) is 0 Å². The van der Waals surface area contributed by atoms with Crippen molar-refractivity contribution >= 4 is 39.3 Å². The molecule has 0 N–H and O–H groups in total. The molecule has 2 aromatic carbocycles. The van der Waals surface area contributed by atoms with Gasteiger partial charge in [0.05, 0.1) is 36.6 Å². The smallest absolute Gasteiger partial charge is 0.338 e. The van der Waals surface area contributed by atoms with Crippen molar-refractivity contribution in [1.29, 1.82) is 0 Å². The average Bonchev–Trinajstić information content (AvgIpc) is 3.12. The summed E-state index contributed by atoms with van der Waals surface area (Å²) >= 11 is 4.73. The predicted octanol–water partition coefficient (Wildman–Crippen LogP) is 3.58. The lowest BCUT2D eigenvalue weighted by Gasteiger charge is -2.25. The van der Waals surface area contributed by atoms with E-state index in [-0.39, 0.29) is 12.2 Å². The second-order valence-corrected chi connectivity index (χ2v) is 9.36. The average molecular weight is 543 g/mol. The van der Waals surface area contributed by atoms with Gasteiger partial charge in [-0.1, -0.05) is 45.5 Å². The monoisotopic (exact) mass is 542 g/mol. The van der Waals surface area contributed by atoms with Crippen LogP contribution in [0.4, 0.5) is 0 Å². The fourth-order valence-electron chi connectivity index (χ4n) is 3.94. The van der Waals surface area contributed by atoms with E-state index in [2.05, 4.69) is 20.9 Å². The molecule has 2 heterocycles. The molecule has 9 heteroatoms. The van der Waals surface area contributed by atoms with Crippen LogP contribution in [-0.4, -0.2) is 31.4 Å². The summed E-state index contributed by atoms with van der Waals surface area (Å²) in [5.41, 5.74) is 1.97. The molecule has 176 valence electrons. The standard InChI is InChI=1S/C25H23BrN2O5S/c1-5-33-24(30)21-14(2)27-25-28(22(21)17-8-6-7-9-19(17)32-4)23(29)20(34-25)13-15-12-16(26)10-11-18(15)31-3/h6-13,22H,5H2,1-4H3/b20-13-/t22-/m0/s1. The summed E-state index contributed by atoms with van der Waals surface area (Å²) in [6, 6.07) is 12.2. The number of thiazole rings is 1. The van der Waals surface area contributed by atoms with E-state index in [1.165, 1.54) is 15.9 Å². The highest BCUT2D eigenvalue weighted by atomic mass is 79.9. The maximum atomic E-state index is 13.7. The van der Waals surface area contributed by atoms with Crippen LogP contribution >= 0.6 is 27.3 Å². The zero-order valence-corrected chi connectivity index (χ0v) is 21.5. The van der Waals surface area contributed by atoms with Crippen molar-refractivity contribution in [1.82, 2.24) is 4.57 Å². The van der Waals surface area contributed by atoms with Crippen molar-refractivity contribution in [3.05, 3.63) is 89.0 Å². The number of nitrogens with zero attached hydrogens (tertiary/aromatic N) is 2. The largest absolute Gasteiger partial charge is 0.496 e. The Balaban J connectivity index is 2.01. The molecule has 4 rings (SSSR count). The Morgan fingerprint density at radius 3 is 2.62 bits per heavy atom. The van der Waals surface area contributed by atoms with Gasteiger partial charge in [0.1, 0.15) is 17.5 Å². The molecule has 0 saturated carbocycles. The highest BCUT2D eigenvalue weighted by molar-refractivity contribution is 9.10. The molecule has 0 spiro atoms. The van der Waals surface area contributed by atoms with Crippen molar-refractivity contribution in [2.45, 2.75) is 19.9 Å². The lowest BCUT2D eigenvalue weighted by Crippen LogP contribution is -2.40. The first-order chi connectivity index (χ1) is 16.4. The predicted molar refractivity (Wildman–Crippen MR) is 134 cm³/mol. The molecule has 1 atom stereocenters. The van der Waals surface area contributed by atoms with Crippen LogP contribution < -0.4 is 24.4 Å². The molecule has 0 amide bonds. The SMILES string of the molecule is CCOC(=O)C1=C(C)N=c2s/c(=C\c3cc(Br)ccc3OC)c(=O)n2[C@H]1c1ccccc1OC.